The summed E-state index contributed by atoms with van der Waals surface area (Å²) >= 11 is 3.50. The number of nitrogens with one attached hydrogen (secondary N) is 1. The molecule has 6 heteroatoms. The first kappa shape index (κ1) is 17.3. The summed E-state index contributed by atoms with van der Waals surface area (Å²) in [6, 6.07) is 15.8. The van der Waals surface area contributed by atoms with Crippen LogP contribution in [0, 0.1) is 0 Å². The lowest BCUT2D eigenvalue weighted by Gasteiger charge is -2.47. The van der Waals surface area contributed by atoms with Gasteiger partial charge in [-0.2, -0.15) is 0 Å². The molecule has 2 aliphatic heterocycles. The number of hydrogen-bond acceptors (Lipinski definition) is 2. The topological polar surface area (TPSA) is 56.4 Å². The highest BCUT2D eigenvalue weighted by Gasteiger charge is 2.50. The van der Waals surface area contributed by atoms with Gasteiger partial charge in [0.05, 0.1) is 6.04 Å². The Bertz CT molecular complexity index is 1150. The van der Waals surface area contributed by atoms with Gasteiger partial charge in [0.25, 0.3) is 0 Å². The summed E-state index contributed by atoms with van der Waals surface area (Å²) in [6.45, 7) is 0.197. The van der Waals surface area contributed by atoms with Gasteiger partial charge in [-0.15, -0.1) is 0 Å². The first-order chi connectivity index (χ1) is 14.1. The van der Waals surface area contributed by atoms with E-state index in [2.05, 4.69) is 33.0 Å². The number of carbonyl (C=O) groups is 2. The van der Waals surface area contributed by atoms with Gasteiger partial charge in [0.2, 0.25) is 11.8 Å². The average Bonchev–Trinajstić information content (AvgIpc) is 3.50. The van der Waals surface area contributed by atoms with Gasteiger partial charge in [-0.1, -0.05) is 46.3 Å². The maximum atomic E-state index is 13.4. The van der Waals surface area contributed by atoms with Crippen molar-refractivity contribution in [3.05, 3.63) is 69.8 Å². The molecule has 2 amide bonds. The Morgan fingerprint density at radius 1 is 1.00 bits per heavy atom. The van der Waals surface area contributed by atoms with E-state index in [4.69, 9.17) is 0 Å². The summed E-state index contributed by atoms with van der Waals surface area (Å²) in [6.07, 6.45) is 2.60. The maximum absolute atomic E-state index is 13.4. The number of amides is 2. The molecule has 3 heterocycles. The smallest absolute Gasteiger partial charge is 0.246 e. The minimum atomic E-state index is -0.433. The summed E-state index contributed by atoms with van der Waals surface area (Å²) < 4.78 is 0.992. The van der Waals surface area contributed by atoms with E-state index in [0.717, 1.165) is 45.0 Å². The number of hydrogen-bond donors (Lipinski definition) is 1. The quantitative estimate of drug-likeness (QED) is 0.646. The van der Waals surface area contributed by atoms with Gasteiger partial charge in [0.15, 0.2) is 0 Å². The first-order valence-corrected chi connectivity index (χ1v) is 10.9. The second-order valence-electron chi connectivity index (χ2n) is 8.24. The zero-order valence-electron chi connectivity index (χ0n) is 15.8. The molecule has 0 unspecified atom stereocenters. The molecule has 6 rings (SSSR count). The van der Waals surface area contributed by atoms with Gasteiger partial charge in [-0.05, 0) is 42.2 Å². The molecule has 3 aliphatic rings. The Kier molecular flexibility index (Phi) is 3.69. The number of nitrogens with zero attached hydrogens (tertiary/aromatic N) is 2. The van der Waals surface area contributed by atoms with E-state index >= 15 is 0 Å². The lowest BCUT2D eigenvalue weighted by Crippen LogP contribution is -2.63. The molecular weight excluding hydrogens is 430 g/mol. The number of aromatic nitrogens is 1. The molecule has 146 valence electrons. The number of halogens is 1. The Labute approximate surface area is 176 Å². The van der Waals surface area contributed by atoms with Crippen LogP contribution in [0.25, 0.3) is 10.9 Å². The van der Waals surface area contributed by atoms with Gasteiger partial charge < -0.3 is 14.8 Å². The minimum Gasteiger partial charge on any atom is -0.356 e. The Hall–Kier alpha value is -2.60. The number of H-pyrrole nitrogens is 1. The third-order valence-electron chi connectivity index (χ3n) is 6.47. The highest BCUT2D eigenvalue weighted by atomic mass is 79.9. The number of para-hydroxylation sites is 1. The van der Waals surface area contributed by atoms with Crippen LogP contribution in [0.15, 0.2) is 53.0 Å². The van der Waals surface area contributed by atoms with Gasteiger partial charge in [0, 0.05) is 33.5 Å². The van der Waals surface area contributed by atoms with Gasteiger partial charge in [-0.3, -0.25) is 9.59 Å². The van der Waals surface area contributed by atoms with Crippen molar-refractivity contribution < 1.29 is 9.59 Å². The molecule has 1 saturated carbocycles. The van der Waals surface area contributed by atoms with Gasteiger partial charge in [-0.25, -0.2) is 0 Å². The normalized spacial score (nSPS) is 24.0. The summed E-state index contributed by atoms with van der Waals surface area (Å²) in [4.78, 5) is 33.9. The molecular formula is C23H20BrN3O2. The fourth-order valence-electron chi connectivity index (χ4n) is 4.97. The monoisotopic (exact) mass is 449 g/mol. The largest absolute Gasteiger partial charge is 0.356 e. The van der Waals surface area contributed by atoms with Crippen molar-refractivity contribution in [1.29, 1.82) is 0 Å². The lowest BCUT2D eigenvalue weighted by molar-refractivity contribution is -0.159. The standard InChI is InChI=1S/C23H20BrN3O2/c24-14-7-5-13(6-8-14)22-21-17(16-3-1-2-4-18(16)25-21)11-19-23(29)26(15-9-10-15)12-20(28)27(19)22/h1-8,15,19,22,25H,9-12H2/t19-,22+/m0/s1. The van der Waals surface area contributed by atoms with Crippen LogP contribution in [-0.4, -0.2) is 45.2 Å². The van der Waals surface area contributed by atoms with Crippen LogP contribution in [0.2, 0.25) is 0 Å². The van der Waals surface area contributed by atoms with Crippen molar-refractivity contribution in [3.8, 4) is 0 Å². The SMILES string of the molecule is O=C1[C@@H]2Cc3c([nH]c4ccccc34)[C@@H](c3ccc(Br)cc3)N2C(=O)CN1C1CC1. The zero-order chi connectivity index (χ0) is 19.7. The number of fused-ring (bicyclic) bond motifs is 4. The molecule has 1 aromatic heterocycles. The van der Waals surface area contributed by atoms with Gasteiger partial charge in [0.1, 0.15) is 12.6 Å². The summed E-state index contributed by atoms with van der Waals surface area (Å²) in [5, 5.41) is 1.15. The number of aromatic amines is 1. The molecule has 0 radical (unpaired) electrons. The Morgan fingerprint density at radius 2 is 1.76 bits per heavy atom. The lowest BCUT2D eigenvalue weighted by atomic mass is 9.86. The molecule has 2 fully saturated rings. The van der Waals surface area contributed by atoms with E-state index < -0.39 is 6.04 Å². The van der Waals surface area contributed by atoms with Crippen molar-refractivity contribution in [1.82, 2.24) is 14.8 Å². The van der Waals surface area contributed by atoms with Crippen molar-refractivity contribution in [2.75, 3.05) is 6.54 Å². The molecule has 0 spiro atoms. The number of piperazine rings is 1. The molecule has 29 heavy (non-hydrogen) atoms. The zero-order valence-corrected chi connectivity index (χ0v) is 17.4. The van der Waals surface area contributed by atoms with Crippen LogP contribution in [-0.2, 0) is 16.0 Å². The molecule has 1 aliphatic carbocycles. The Balaban J connectivity index is 1.55. The van der Waals surface area contributed by atoms with E-state index in [1.807, 2.05) is 46.2 Å². The second-order valence-corrected chi connectivity index (χ2v) is 9.15. The van der Waals surface area contributed by atoms with Crippen molar-refractivity contribution in [3.63, 3.8) is 0 Å². The molecule has 0 bridgehead atoms. The van der Waals surface area contributed by atoms with Crippen LogP contribution in [0.1, 0.15) is 35.7 Å². The predicted octanol–water partition coefficient (Wildman–Crippen LogP) is 3.78. The fraction of sp³-hybridized carbons (Fsp3) is 0.304. The van der Waals surface area contributed by atoms with Crippen LogP contribution in [0.3, 0.4) is 0 Å². The third kappa shape index (κ3) is 2.58. The van der Waals surface area contributed by atoms with E-state index in [1.54, 1.807) is 0 Å². The summed E-state index contributed by atoms with van der Waals surface area (Å²) in [5.74, 6) is 0.142. The summed E-state index contributed by atoms with van der Waals surface area (Å²) in [5.41, 5.74) is 4.27. The number of benzene rings is 2. The highest BCUT2D eigenvalue weighted by molar-refractivity contribution is 9.10. The van der Waals surface area contributed by atoms with Gasteiger partial charge >= 0.3 is 0 Å². The number of carbonyl (C=O) groups excluding carboxylic acids is 2. The molecule has 2 atom stereocenters. The molecule has 2 aromatic carbocycles. The molecule has 1 N–H and O–H groups in total. The van der Waals surface area contributed by atoms with Crippen molar-refractivity contribution >= 4 is 38.6 Å². The van der Waals surface area contributed by atoms with Crippen LogP contribution in [0.4, 0.5) is 0 Å². The third-order valence-corrected chi connectivity index (χ3v) is 7.00. The molecule has 1 saturated heterocycles. The Morgan fingerprint density at radius 3 is 2.52 bits per heavy atom. The van der Waals surface area contributed by atoms with Crippen LogP contribution >= 0.6 is 15.9 Å². The maximum Gasteiger partial charge on any atom is 0.246 e. The number of rotatable bonds is 2. The predicted molar refractivity (Wildman–Crippen MR) is 113 cm³/mol. The average molecular weight is 450 g/mol. The van der Waals surface area contributed by atoms with E-state index in [0.29, 0.717) is 6.42 Å². The first-order valence-electron chi connectivity index (χ1n) is 10.1. The van der Waals surface area contributed by atoms with E-state index in [-0.39, 0.29) is 30.4 Å². The molecule has 3 aromatic rings. The van der Waals surface area contributed by atoms with Crippen LogP contribution in [0.5, 0.6) is 0 Å². The van der Waals surface area contributed by atoms with Crippen molar-refractivity contribution in [2.24, 2.45) is 0 Å². The van der Waals surface area contributed by atoms with E-state index in [9.17, 15) is 9.59 Å². The molecule has 5 nitrogen and oxygen atoms in total. The van der Waals surface area contributed by atoms with Crippen molar-refractivity contribution in [2.45, 2.75) is 37.4 Å². The minimum absolute atomic E-state index is 0.0405. The van der Waals surface area contributed by atoms with E-state index in [1.165, 1.54) is 0 Å². The van der Waals surface area contributed by atoms with Crippen LogP contribution < -0.4 is 0 Å². The second kappa shape index (κ2) is 6.20. The highest BCUT2D eigenvalue weighted by Crippen LogP contribution is 2.43. The summed E-state index contributed by atoms with van der Waals surface area (Å²) in [7, 11) is 0. The fourth-order valence-corrected chi connectivity index (χ4v) is 5.24.